The second kappa shape index (κ2) is 6.12. The fourth-order valence-corrected chi connectivity index (χ4v) is 2.66. The van der Waals surface area contributed by atoms with Crippen LogP contribution in [-0.2, 0) is 12.8 Å². The number of thiazole rings is 1. The molecule has 1 unspecified atom stereocenters. The molecule has 0 aliphatic rings. The molecule has 1 heterocycles. The number of aromatic nitrogens is 1. The fraction of sp³-hybridized carbons (Fsp3) is 0.400. The number of nitrogens with zero attached hydrogens (tertiary/aromatic N) is 1. The van der Waals surface area contributed by atoms with Crippen LogP contribution in [-0.4, -0.2) is 18.1 Å². The molecule has 1 N–H and O–H groups in total. The summed E-state index contributed by atoms with van der Waals surface area (Å²) < 4.78 is 0. The van der Waals surface area contributed by atoms with Gasteiger partial charge in [0.2, 0.25) is 0 Å². The van der Waals surface area contributed by atoms with Gasteiger partial charge in [0.05, 0.1) is 10.7 Å². The highest BCUT2D eigenvalue weighted by Crippen LogP contribution is 2.13. The maximum atomic E-state index is 4.53. The molecule has 0 amide bonds. The monoisotopic (exact) mass is 260 g/mol. The van der Waals surface area contributed by atoms with Gasteiger partial charge in [-0.05, 0) is 32.9 Å². The SMILES string of the molecule is CNC(Cc1ccc(C)cc1)Cc1csc(C)n1. The number of hydrogen-bond donors (Lipinski definition) is 1. The topological polar surface area (TPSA) is 24.9 Å². The lowest BCUT2D eigenvalue weighted by molar-refractivity contribution is 0.551. The fourth-order valence-electron chi connectivity index (χ4n) is 2.04. The van der Waals surface area contributed by atoms with Crippen molar-refractivity contribution in [2.75, 3.05) is 7.05 Å². The molecule has 0 radical (unpaired) electrons. The van der Waals surface area contributed by atoms with Crippen LogP contribution in [0.25, 0.3) is 0 Å². The summed E-state index contributed by atoms with van der Waals surface area (Å²) in [6.07, 6.45) is 2.04. The maximum absolute atomic E-state index is 4.53. The van der Waals surface area contributed by atoms with Crippen LogP contribution in [0.3, 0.4) is 0 Å². The number of likely N-dealkylation sites (N-methyl/N-ethyl adjacent to an activating group) is 1. The van der Waals surface area contributed by atoms with Crippen LogP contribution in [0.1, 0.15) is 21.8 Å². The van der Waals surface area contributed by atoms with Crippen molar-refractivity contribution in [3.63, 3.8) is 0 Å². The molecule has 2 nitrogen and oxygen atoms in total. The highest BCUT2D eigenvalue weighted by molar-refractivity contribution is 7.09. The zero-order valence-electron chi connectivity index (χ0n) is 11.2. The summed E-state index contributed by atoms with van der Waals surface area (Å²) in [5, 5.41) is 6.70. The summed E-state index contributed by atoms with van der Waals surface area (Å²) in [5.74, 6) is 0. The Kier molecular flexibility index (Phi) is 4.50. The van der Waals surface area contributed by atoms with Crippen molar-refractivity contribution < 1.29 is 0 Å². The molecule has 3 heteroatoms. The van der Waals surface area contributed by atoms with Gasteiger partial charge in [0, 0.05) is 17.8 Å². The van der Waals surface area contributed by atoms with E-state index >= 15 is 0 Å². The minimum Gasteiger partial charge on any atom is -0.316 e. The zero-order valence-corrected chi connectivity index (χ0v) is 12.1. The largest absolute Gasteiger partial charge is 0.316 e. The number of hydrogen-bond acceptors (Lipinski definition) is 3. The number of nitrogens with one attached hydrogen (secondary N) is 1. The van der Waals surface area contributed by atoms with E-state index in [2.05, 4.69) is 53.8 Å². The predicted molar refractivity (Wildman–Crippen MR) is 78.3 cm³/mol. The molecule has 0 aliphatic carbocycles. The number of benzene rings is 1. The molecule has 0 fully saturated rings. The van der Waals surface area contributed by atoms with Gasteiger partial charge < -0.3 is 5.32 Å². The smallest absolute Gasteiger partial charge is 0.0897 e. The van der Waals surface area contributed by atoms with E-state index in [1.165, 1.54) is 16.8 Å². The standard InChI is InChI=1S/C15H20N2S/c1-11-4-6-13(7-5-11)8-14(16-3)9-15-10-18-12(2)17-15/h4-7,10,14,16H,8-9H2,1-3H3. The highest BCUT2D eigenvalue weighted by Gasteiger charge is 2.10. The van der Waals surface area contributed by atoms with Gasteiger partial charge in [0.15, 0.2) is 0 Å². The molecule has 1 aromatic carbocycles. The third-order valence-electron chi connectivity index (χ3n) is 3.13. The minimum absolute atomic E-state index is 0.453. The normalized spacial score (nSPS) is 12.6. The zero-order chi connectivity index (χ0) is 13.0. The number of aryl methyl sites for hydroxylation is 2. The van der Waals surface area contributed by atoms with Crippen LogP contribution >= 0.6 is 11.3 Å². The van der Waals surface area contributed by atoms with E-state index in [4.69, 9.17) is 0 Å². The molecule has 2 aromatic rings. The lowest BCUT2D eigenvalue weighted by atomic mass is 10.0. The van der Waals surface area contributed by atoms with Gasteiger partial charge in [0.1, 0.15) is 0 Å². The molecular weight excluding hydrogens is 240 g/mol. The Morgan fingerprint density at radius 3 is 2.44 bits per heavy atom. The van der Waals surface area contributed by atoms with Crippen LogP contribution < -0.4 is 5.32 Å². The Morgan fingerprint density at radius 1 is 1.17 bits per heavy atom. The molecule has 0 saturated heterocycles. The van der Waals surface area contributed by atoms with Gasteiger partial charge in [-0.2, -0.15) is 0 Å². The maximum Gasteiger partial charge on any atom is 0.0897 e. The van der Waals surface area contributed by atoms with Gasteiger partial charge in [-0.1, -0.05) is 29.8 Å². The van der Waals surface area contributed by atoms with Crippen molar-refractivity contribution in [2.45, 2.75) is 32.7 Å². The van der Waals surface area contributed by atoms with Gasteiger partial charge in [0.25, 0.3) is 0 Å². The summed E-state index contributed by atoms with van der Waals surface area (Å²) in [5.41, 5.74) is 3.89. The molecule has 1 aromatic heterocycles. The Hall–Kier alpha value is -1.19. The lowest BCUT2D eigenvalue weighted by Gasteiger charge is -2.15. The Balaban J connectivity index is 1.99. The molecule has 18 heavy (non-hydrogen) atoms. The van der Waals surface area contributed by atoms with Crippen LogP contribution in [0.4, 0.5) is 0 Å². The molecule has 0 saturated carbocycles. The van der Waals surface area contributed by atoms with E-state index in [1.54, 1.807) is 11.3 Å². The first-order valence-corrected chi connectivity index (χ1v) is 7.19. The first kappa shape index (κ1) is 13.2. The van der Waals surface area contributed by atoms with Crippen LogP contribution in [0.5, 0.6) is 0 Å². The van der Waals surface area contributed by atoms with Crippen molar-refractivity contribution in [1.82, 2.24) is 10.3 Å². The second-order valence-electron chi connectivity index (χ2n) is 4.74. The van der Waals surface area contributed by atoms with E-state index in [0.717, 1.165) is 17.8 Å². The highest BCUT2D eigenvalue weighted by atomic mass is 32.1. The van der Waals surface area contributed by atoms with Crippen LogP contribution in [0.15, 0.2) is 29.6 Å². The summed E-state index contributed by atoms with van der Waals surface area (Å²) in [4.78, 5) is 4.53. The first-order chi connectivity index (χ1) is 8.67. The molecule has 0 spiro atoms. The Bertz CT molecular complexity index is 487. The Morgan fingerprint density at radius 2 is 1.89 bits per heavy atom. The first-order valence-electron chi connectivity index (χ1n) is 6.31. The molecular formula is C15H20N2S. The van der Waals surface area contributed by atoms with Crippen molar-refractivity contribution in [1.29, 1.82) is 0 Å². The van der Waals surface area contributed by atoms with Gasteiger partial charge >= 0.3 is 0 Å². The van der Waals surface area contributed by atoms with Gasteiger partial charge in [-0.15, -0.1) is 11.3 Å². The Labute approximate surface area is 113 Å². The average Bonchev–Trinajstić information content (AvgIpc) is 2.77. The van der Waals surface area contributed by atoms with E-state index < -0.39 is 0 Å². The van der Waals surface area contributed by atoms with E-state index in [-0.39, 0.29) is 0 Å². The van der Waals surface area contributed by atoms with E-state index in [9.17, 15) is 0 Å². The predicted octanol–water partition coefficient (Wildman–Crippen LogP) is 3.13. The quantitative estimate of drug-likeness (QED) is 0.893. The molecule has 2 rings (SSSR count). The van der Waals surface area contributed by atoms with Crippen molar-refractivity contribution >= 4 is 11.3 Å². The van der Waals surface area contributed by atoms with Gasteiger partial charge in [-0.25, -0.2) is 4.98 Å². The average molecular weight is 260 g/mol. The van der Waals surface area contributed by atoms with E-state index in [1.807, 2.05) is 7.05 Å². The minimum atomic E-state index is 0.453. The third kappa shape index (κ3) is 3.65. The van der Waals surface area contributed by atoms with E-state index in [0.29, 0.717) is 6.04 Å². The lowest BCUT2D eigenvalue weighted by Crippen LogP contribution is -2.30. The third-order valence-corrected chi connectivity index (χ3v) is 3.96. The van der Waals surface area contributed by atoms with Crippen molar-refractivity contribution in [2.24, 2.45) is 0 Å². The molecule has 0 bridgehead atoms. The summed E-state index contributed by atoms with van der Waals surface area (Å²) in [6, 6.07) is 9.23. The molecule has 0 aliphatic heterocycles. The molecule has 1 atom stereocenters. The van der Waals surface area contributed by atoms with Gasteiger partial charge in [-0.3, -0.25) is 0 Å². The summed E-state index contributed by atoms with van der Waals surface area (Å²) in [6.45, 7) is 4.18. The van der Waals surface area contributed by atoms with Crippen molar-refractivity contribution in [3.8, 4) is 0 Å². The summed E-state index contributed by atoms with van der Waals surface area (Å²) in [7, 11) is 2.03. The molecule has 96 valence electrons. The van der Waals surface area contributed by atoms with Crippen LogP contribution in [0.2, 0.25) is 0 Å². The summed E-state index contributed by atoms with van der Waals surface area (Å²) >= 11 is 1.73. The van der Waals surface area contributed by atoms with Crippen molar-refractivity contribution in [3.05, 3.63) is 51.5 Å². The number of rotatable bonds is 5. The van der Waals surface area contributed by atoms with Crippen LogP contribution in [0, 0.1) is 13.8 Å². The second-order valence-corrected chi connectivity index (χ2v) is 5.80.